The molecule has 3 rings (SSSR count). The summed E-state index contributed by atoms with van der Waals surface area (Å²) in [7, 11) is 1.86. The van der Waals surface area contributed by atoms with Crippen molar-refractivity contribution in [1.82, 2.24) is 14.7 Å². The fourth-order valence-corrected chi connectivity index (χ4v) is 3.05. The second-order valence-corrected chi connectivity index (χ2v) is 6.91. The standard InChI is InChI=1S/C19H25N3O3/c1-15-3-6-17(7-4-15)25-14-19(24)9-10-22(13-19)18(23)8-5-16-11-20-21(2)12-16/h3-4,6-7,11-12,24H,5,8-10,13-14H2,1-2H3/t19-/m0/s1. The zero-order valence-corrected chi connectivity index (χ0v) is 14.8. The van der Waals surface area contributed by atoms with Gasteiger partial charge in [0.25, 0.3) is 0 Å². The average molecular weight is 343 g/mol. The van der Waals surface area contributed by atoms with Crippen LogP contribution in [-0.2, 0) is 18.3 Å². The van der Waals surface area contributed by atoms with E-state index >= 15 is 0 Å². The van der Waals surface area contributed by atoms with E-state index in [4.69, 9.17) is 4.74 Å². The van der Waals surface area contributed by atoms with Crippen LogP contribution < -0.4 is 4.74 Å². The zero-order valence-electron chi connectivity index (χ0n) is 14.8. The third-order valence-corrected chi connectivity index (χ3v) is 4.60. The largest absolute Gasteiger partial charge is 0.491 e. The van der Waals surface area contributed by atoms with Gasteiger partial charge in [0.2, 0.25) is 5.91 Å². The van der Waals surface area contributed by atoms with E-state index in [2.05, 4.69) is 5.10 Å². The zero-order chi connectivity index (χ0) is 17.9. The molecule has 1 amide bonds. The molecule has 0 saturated carbocycles. The van der Waals surface area contributed by atoms with Gasteiger partial charge in [0, 0.05) is 26.2 Å². The van der Waals surface area contributed by atoms with Crippen molar-refractivity contribution in [3.8, 4) is 5.75 Å². The Labute approximate surface area is 148 Å². The van der Waals surface area contributed by atoms with Gasteiger partial charge in [-0.05, 0) is 37.5 Å². The Bertz CT molecular complexity index is 726. The molecule has 0 radical (unpaired) electrons. The van der Waals surface area contributed by atoms with Crippen molar-refractivity contribution < 1.29 is 14.6 Å². The summed E-state index contributed by atoms with van der Waals surface area (Å²) in [5.41, 5.74) is 1.24. The van der Waals surface area contributed by atoms with Gasteiger partial charge in [-0.1, -0.05) is 17.7 Å². The Hall–Kier alpha value is -2.34. The van der Waals surface area contributed by atoms with Gasteiger partial charge in [0.1, 0.15) is 18.0 Å². The first kappa shape index (κ1) is 17.5. The molecule has 134 valence electrons. The molecule has 1 aliphatic heterocycles. The quantitative estimate of drug-likeness (QED) is 0.867. The Morgan fingerprint density at radius 1 is 1.36 bits per heavy atom. The van der Waals surface area contributed by atoms with Crippen molar-refractivity contribution in [3.63, 3.8) is 0 Å². The van der Waals surface area contributed by atoms with Crippen molar-refractivity contribution in [1.29, 1.82) is 0 Å². The highest BCUT2D eigenvalue weighted by Gasteiger charge is 2.38. The van der Waals surface area contributed by atoms with Crippen molar-refractivity contribution in [2.24, 2.45) is 7.05 Å². The number of carbonyl (C=O) groups excluding carboxylic acids is 1. The summed E-state index contributed by atoms with van der Waals surface area (Å²) in [5.74, 6) is 0.801. The second kappa shape index (κ2) is 7.27. The lowest BCUT2D eigenvalue weighted by Crippen LogP contribution is -2.40. The number of carbonyl (C=O) groups is 1. The minimum absolute atomic E-state index is 0.0649. The van der Waals surface area contributed by atoms with Crippen LogP contribution in [0.2, 0.25) is 0 Å². The predicted octanol–water partition coefficient (Wildman–Crippen LogP) is 1.70. The van der Waals surface area contributed by atoms with E-state index in [0.29, 0.717) is 32.4 Å². The van der Waals surface area contributed by atoms with Crippen LogP contribution >= 0.6 is 0 Å². The maximum Gasteiger partial charge on any atom is 0.223 e. The lowest BCUT2D eigenvalue weighted by Gasteiger charge is -2.23. The van der Waals surface area contributed by atoms with Gasteiger partial charge >= 0.3 is 0 Å². The van der Waals surface area contributed by atoms with E-state index in [1.807, 2.05) is 44.4 Å². The van der Waals surface area contributed by atoms with Crippen LogP contribution in [0.4, 0.5) is 0 Å². The van der Waals surface area contributed by atoms with Gasteiger partial charge in [-0.3, -0.25) is 9.48 Å². The van der Waals surface area contributed by atoms with Crippen LogP contribution in [0.1, 0.15) is 24.0 Å². The molecule has 25 heavy (non-hydrogen) atoms. The minimum atomic E-state index is -0.977. The number of nitrogens with zero attached hydrogens (tertiary/aromatic N) is 3. The van der Waals surface area contributed by atoms with Crippen LogP contribution in [0.5, 0.6) is 5.75 Å². The molecule has 2 aromatic rings. The average Bonchev–Trinajstić information content (AvgIpc) is 3.19. The predicted molar refractivity (Wildman–Crippen MR) is 94.3 cm³/mol. The number of hydrogen-bond donors (Lipinski definition) is 1. The fourth-order valence-electron chi connectivity index (χ4n) is 3.05. The number of amides is 1. The van der Waals surface area contributed by atoms with Crippen molar-refractivity contribution >= 4 is 5.91 Å². The fraction of sp³-hybridized carbons (Fsp3) is 0.474. The molecule has 0 aliphatic carbocycles. The minimum Gasteiger partial charge on any atom is -0.491 e. The normalized spacial score (nSPS) is 20.0. The molecule has 2 heterocycles. The SMILES string of the molecule is Cc1ccc(OC[C@]2(O)CCN(C(=O)CCc3cnn(C)c3)C2)cc1. The smallest absolute Gasteiger partial charge is 0.223 e. The van der Waals surface area contributed by atoms with E-state index in [-0.39, 0.29) is 12.5 Å². The highest BCUT2D eigenvalue weighted by atomic mass is 16.5. The van der Waals surface area contributed by atoms with E-state index in [1.165, 1.54) is 0 Å². The molecule has 1 fully saturated rings. The number of aromatic nitrogens is 2. The summed E-state index contributed by atoms with van der Waals surface area (Å²) in [6, 6.07) is 7.74. The summed E-state index contributed by atoms with van der Waals surface area (Å²) in [4.78, 5) is 14.1. The Morgan fingerprint density at radius 2 is 2.12 bits per heavy atom. The Morgan fingerprint density at radius 3 is 2.80 bits per heavy atom. The number of rotatable bonds is 6. The first-order chi connectivity index (χ1) is 11.9. The van der Waals surface area contributed by atoms with E-state index in [0.717, 1.165) is 16.9 Å². The maximum atomic E-state index is 12.4. The third-order valence-electron chi connectivity index (χ3n) is 4.60. The first-order valence-electron chi connectivity index (χ1n) is 8.61. The molecule has 0 unspecified atom stereocenters. The molecule has 1 aliphatic rings. The van der Waals surface area contributed by atoms with Crippen LogP contribution in [-0.4, -0.2) is 51.0 Å². The van der Waals surface area contributed by atoms with Crippen molar-refractivity contribution in [3.05, 3.63) is 47.8 Å². The monoisotopic (exact) mass is 343 g/mol. The molecular formula is C19H25N3O3. The number of likely N-dealkylation sites (tertiary alicyclic amines) is 1. The summed E-state index contributed by atoms with van der Waals surface area (Å²) in [6.07, 6.45) is 5.34. The number of hydrogen-bond acceptors (Lipinski definition) is 4. The maximum absolute atomic E-state index is 12.4. The summed E-state index contributed by atoms with van der Waals surface area (Å²) >= 11 is 0. The van der Waals surface area contributed by atoms with E-state index in [1.54, 1.807) is 15.8 Å². The number of ether oxygens (including phenoxy) is 1. The highest BCUT2D eigenvalue weighted by Crippen LogP contribution is 2.24. The van der Waals surface area contributed by atoms with Crippen molar-refractivity contribution in [2.75, 3.05) is 19.7 Å². The van der Waals surface area contributed by atoms with Gasteiger partial charge in [-0.2, -0.15) is 5.10 Å². The molecule has 1 aromatic heterocycles. The van der Waals surface area contributed by atoms with Gasteiger partial charge in [0.15, 0.2) is 0 Å². The lowest BCUT2D eigenvalue weighted by atomic mass is 10.1. The number of aliphatic hydroxyl groups is 1. The molecule has 6 nitrogen and oxygen atoms in total. The van der Waals surface area contributed by atoms with Gasteiger partial charge in [-0.15, -0.1) is 0 Å². The van der Waals surface area contributed by atoms with E-state index < -0.39 is 5.60 Å². The van der Waals surface area contributed by atoms with Gasteiger partial charge < -0.3 is 14.7 Å². The summed E-state index contributed by atoms with van der Waals surface area (Å²) in [5, 5.41) is 14.8. The number of β-amino-alcohol motifs (C(OH)–C–C–N with tert-alkyl or cyclic N) is 1. The van der Waals surface area contributed by atoms with Crippen LogP contribution in [0.15, 0.2) is 36.7 Å². The van der Waals surface area contributed by atoms with Gasteiger partial charge in [0.05, 0.1) is 12.7 Å². The van der Waals surface area contributed by atoms with Gasteiger partial charge in [-0.25, -0.2) is 0 Å². The highest BCUT2D eigenvalue weighted by molar-refractivity contribution is 5.76. The summed E-state index contributed by atoms with van der Waals surface area (Å²) in [6.45, 7) is 3.11. The molecule has 0 spiro atoms. The topological polar surface area (TPSA) is 67.6 Å². The molecule has 1 aromatic carbocycles. The Kier molecular flexibility index (Phi) is 5.08. The molecule has 1 saturated heterocycles. The lowest BCUT2D eigenvalue weighted by molar-refractivity contribution is -0.131. The number of benzene rings is 1. The van der Waals surface area contributed by atoms with Crippen molar-refractivity contribution in [2.45, 2.75) is 31.8 Å². The summed E-state index contributed by atoms with van der Waals surface area (Å²) < 4.78 is 7.44. The molecule has 0 bridgehead atoms. The Balaban J connectivity index is 1.47. The first-order valence-corrected chi connectivity index (χ1v) is 8.61. The molecule has 6 heteroatoms. The van der Waals surface area contributed by atoms with E-state index in [9.17, 15) is 9.90 Å². The van der Waals surface area contributed by atoms with Crippen LogP contribution in [0, 0.1) is 6.92 Å². The number of aryl methyl sites for hydroxylation is 3. The molecule has 1 N–H and O–H groups in total. The van der Waals surface area contributed by atoms with Crippen LogP contribution in [0.3, 0.4) is 0 Å². The third kappa shape index (κ3) is 4.60. The second-order valence-electron chi connectivity index (χ2n) is 6.91. The molecule has 1 atom stereocenters. The van der Waals surface area contributed by atoms with Crippen LogP contribution in [0.25, 0.3) is 0 Å². The molecular weight excluding hydrogens is 318 g/mol.